The fraction of sp³-hybridized carbons (Fsp3) is 0.240. The molecular formula is C25H20FN5O3S. The van der Waals surface area contributed by atoms with E-state index in [1.54, 1.807) is 22.7 Å². The van der Waals surface area contributed by atoms with Gasteiger partial charge in [-0.1, -0.05) is 19.3 Å². The topological polar surface area (TPSA) is 96.7 Å². The van der Waals surface area contributed by atoms with Crippen LogP contribution in [0.5, 0.6) is 0 Å². The number of nitrogens with zero attached hydrogens (tertiary/aromatic N) is 4. The number of rotatable bonds is 4. The van der Waals surface area contributed by atoms with Crippen molar-refractivity contribution in [2.75, 3.05) is 5.32 Å². The molecule has 0 spiro atoms. The second-order valence-corrected chi connectivity index (χ2v) is 9.58. The Labute approximate surface area is 203 Å². The van der Waals surface area contributed by atoms with Crippen molar-refractivity contribution in [3.8, 4) is 11.3 Å². The number of imide groups is 1. The molecule has 1 N–H and O–H groups in total. The SMILES string of the molecule is O=C(Nc1nc2scc(-c3ccc(F)cc3)n2n1)c1ccc2c(c1)C(=O)N(C1CCCCC1)C2=O. The second-order valence-electron chi connectivity index (χ2n) is 8.74. The monoisotopic (exact) mass is 489 g/mol. The van der Waals surface area contributed by atoms with Crippen LogP contribution >= 0.6 is 11.3 Å². The molecule has 35 heavy (non-hydrogen) atoms. The van der Waals surface area contributed by atoms with Crippen LogP contribution in [0.1, 0.15) is 63.2 Å². The number of hydrogen-bond acceptors (Lipinski definition) is 6. The van der Waals surface area contributed by atoms with Gasteiger partial charge in [-0.2, -0.15) is 4.98 Å². The van der Waals surface area contributed by atoms with Crippen LogP contribution < -0.4 is 5.32 Å². The van der Waals surface area contributed by atoms with Crippen molar-refractivity contribution < 1.29 is 18.8 Å². The summed E-state index contributed by atoms with van der Waals surface area (Å²) in [6.45, 7) is 0. The van der Waals surface area contributed by atoms with E-state index < -0.39 is 5.91 Å². The van der Waals surface area contributed by atoms with E-state index >= 15 is 0 Å². The number of amides is 3. The Kier molecular flexibility index (Phi) is 5.18. The third-order valence-electron chi connectivity index (χ3n) is 6.57. The van der Waals surface area contributed by atoms with Crippen LogP contribution in [0.25, 0.3) is 16.2 Å². The van der Waals surface area contributed by atoms with Crippen LogP contribution in [0.15, 0.2) is 47.8 Å². The van der Waals surface area contributed by atoms with Gasteiger partial charge in [-0.3, -0.25) is 24.6 Å². The van der Waals surface area contributed by atoms with Crippen molar-refractivity contribution in [2.24, 2.45) is 0 Å². The fourth-order valence-electron chi connectivity index (χ4n) is 4.80. The van der Waals surface area contributed by atoms with Gasteiger partial charge < -0.3 is 0 Å². The molecule has 2 aromatic heterocycles. The van der Waals surface area contributed by atoms with Gasteiger partial charge in [0.25, 0.3) is 23.7 Å². The molecule has 3 heterocycles. The number of carbonyl (C=O) groups excluding carboxylic acids is 3. The molecule has 1 aliphatic heterocycles. The minimum absolute atomic E-state index is 0.0774. The molecule has 8 nitrogen and oxygen atoms in total. The van der Waals surface area contributed by atoms with Gasteiger partial charge in [0, 0.05) is 22.5 Å². The number of benzene rings is 2. The largest absolute Gasteiger partial charge is 0.289 e. The van der Waals surface area contributed by atoms with E-state index in [1.165, 1.54) is 40.5 Å². The maximum atomic E-state index is 13.3. The van der Waals surface area contributed by atoms with E-state index in [0.29, 0.717) is 10.5 Å². The quantitative estimate of drug-likeness (QED) is 0.416. The van der Waals surface area contributed by atoms with Gasteiger partial charge in [0.1, 0.15) is 5.82 Å². The van der Waals surface area contributed by atoms with Gasteiger partial charge in [-0.25, -0.2) is 8.91 Å². The molecule has 0 atom stereocenters. The van der Waals surface area contributed by atoms with Gasteiger partial charge in [0.05, 0.1) is 16.8 Å². The number of hydrogen-bond donors (Lipinski definition) is 1. The lowest BCUT2D eigenvalue weighted by Crippen LogP contribution is -2.40. The van der Waals surface area contributed by atoms with Crippen molar-refractivity contribution in [1.29, 1.82) is 0 Å². The van der Waals surface area contributed by atoms with Crippen LogP contribution in [0, 0.1) is 5.82 Å². The molecule has 0 bridgehead atoms. The first kappa shape index (κ1) is 21.6. The molecule has 6 rings (SSSR count). The smallest absolute Gasteiger partial charge is 0.261 e. The molecule has 3 amide bonds. The molecule has 1 aliphatic carbocycles. The summed E-state index contributed by atoms with van der Waals surface area (Å²) in [5.74, 6) is -1.32. The highest BCUT2D eigenvalue weighted by Gasteiger charge is 2.40. The molecule has 0 radical (unpaired) electrons. The highest BCUT2D eigenvalue weighted by atomic mass is 32.1. The van der Waals surface area contributed by atoms with Crippen LogP contribution in [0.2, 0.25) is 0 Å². The summed E-state index contributed by atoms with van der Waals surface area (Å²) in [5, 5.41) is 8.90. The second kappa shape index (κ2) is 8.38. The van der Waals surface area contributed by atoms with Gasteiger partial charge in [-0.15, -0.1) is 16.4 Å². The summed E-state index contributed by atoms with van der Waals surface area (Å²) in [4.78, 5) is 45.1. The number of fused-ring (bicyclic) bond motifs is 2. The normalized spacial score (nSPS) is 16.2. The number of carbonyl (C=O) groups is 3. The first-order chi connectivity index (χ1) is 17.0. The Morgan fingerprint density at radius 2 is 1.74 bits per heavy atom. The lowest BCUT2D eigenvalue weighted by molar-refractivity contribution is 0.0548. The molecule has 10 heteroatoms. The lowest BCUT2D eigenvalue weighted by atomic mass is 9.94. The van der Waals surface area contributed by atoms with Gasteiger partial charge >= 0.3 is 0 Å². The van der Waals surface area contributed by atoms with E-state index in [2.05, 4.69) is 15.4 Å². The zero-order valence-electron chi connectivity index (χ0n) is 18.5. The zero-order chi connectivity index (χ0) is 24.1. The third-order valence-corrected chi connectivity index (χ3v) is 7.38. The molecule has 4 aromatic rings. The average Bonchev–Trinajstić information content (AvgIpc) is 3.52. The van der Waals surface area contributed by atoms with E-state index in [9.17, 15) is 18.8 Å². The van der Waals surface area contributed by atoms with Crippen molar-refractivity contribution in [3.05, 3.63) is 70.4 Å². The molecular weight excluding hydrogens is 469 g/mol. The number of thiazole rings is 1. The van der Waals surface area contributed by atoms with Crippen LogP contribution in [-0.4, -0.2) is 43.3 Å². The summed E-state index contributed by atoms with van der Waals surface area (Å²) < 4.78 is 14.9. The highest BCUT2D eigenvalue weighted by Crippen LogP contribution is 2.32. The number of aromatic nitrogens is 3. The van der Waals surface area contributed by atoms with Gasteiger partial charge in [-0.05, 0) is 55.3 Å². The van der Waals surface area contributed by atoms with Gasteiger partial charge in [0.15, 0.2) is 0 Å². The third kappa shape index (κ3) is 3.70. The van der Waals surface area contributed by atoms with E-state index in [0.717, 1.165) is 43.4 Å². The summed E-state index contributed by atoms with van der Waals surface area (Å²) >= 11 is 1.34. The van der Waals surface area contributed by atoms with Crippen molar-refractivity contribution >= 4 is 40.0 Å². The molecule has 176 valence electrons. The van der Waals surface area contributed by atoms with Gasteiger partial charge in [0.2, 0.25) is 4.96 Å². The van der Waals surface area contributed by atoms with Crippen LogP contribution in [0.4, 0.5) is 10.3 Å². The minimum atomic E-state index is -0.481. The summed E-state index contributed by atoms with van der Waals surface area (Å²) in [5.41, 5.74) is 2.33. The molecule has 2 aliphatic rings. The summed E-state index contributed by atoms with van der Waals surface area (Å²) in [6, 6.07) is 10.5. The van der Waals surface area contributed by atoms with Crippen molar-refractivity contribution in [2.45, 2.75) is 38.1 Å². The highest BCUT2D eigenvalue weighted by molar-refractivity contribution is 7.15. The maximum Gasteiger partial charge on any atom is 0.261 e. The Morgan fingerprint density at radius 3 is 2.51 bits per heavy atom. The van der Waals surface area contributed by atoms with Crippen LogP contribution in [-0.2, 0) is 0 Å². The predicted octanol–water partition coefficient (Wildman–Crippen LogP) is 4.78. The van der Waals surface area contributed by atoms with E-state index in [4.69, 9.17) is 0 Å². The Balaban J connectivity index is 1.24. The minimum Gasteiger partial charge on any atom is -0.289 e. The molecule has 0 saturated heterocycles. The molecule has 1 saturated carbocycles. The van der Waals surface area contributed by atoms with Crippen LogP contribution in [0.3, 0.4) is 0 Å². The standard InChI is InChI=1S/C25H20FN5O3S/c26-16-9-6-14(7-10-16)20-13-35-25-28-24(29-31(20)25)27-21(32)15-8-11-18-19(12-15)23(34)30(22(18)33)17-4-2-1-3-5-17/h6-13,17H,1-5H2,(H,27,29,32). The number of anilines is 1. The first-order valence-corrected chi connectivity index (χ1v) is 12.3. The number of nitrogens with one attached hydrogen (secondary N) is 1. The molecule has 0 unspecified atom stereocenters. The zero-order valence-corrected chi connectivity index (χ0v) is 19.3. The van der Waals surface area contributed by atoms with Crippen molar-refractivity contribution in [1.82, 2.24) is 19.5 Å². The van der Waals surface area contributed by atoms with Crippen molar-refractivity contribution in [3.63, 3.8) is 0 Å². The Morgan fingerprint density at radius 1 is 1.00 bits per heavy atom. The summed E-state index contributed by atoms with van der Waals surface area (Å²) in [6.07, 6.45) is 4.77. The first-order valence-electron chi connectivity index (χ1n) is 11.4. The average molecular weight is 490 g/mol. The Hall–Kier alpha value is -3.92. The van der Waals surface area contributed by atoms with E-state index in [1.807, 2.05) is 5.38 Å². The number of halogens is 1. The Bertz CT molecular complexity index is 1490. The summed E-state index contributed by atoms with van der Waals surface area (Å²) in [7, 11) is 0. The maximum absolute atomic E-state index is 13.3. The predicted molar refractivity (Wildman–Crippen MR) is 128 cm³/mol. The lowest BCUT2D eigenvalue weighted by Gasteiger charge is -2.29. The van der Waals surface area contributed by atoms with E-state index in [-0.39, 0.29) is 40.7 Å². The molecule has 2 aromatic carbocycles. The fourth-order valence-corrected chi connectivity index (χ4v) is 5.63. The molecule has 1 fully saturated rings.